The summed E-state index contributed by atoms with van der Waals surface area (Å²) in [4.78, 5) is 51.0. The number of rotatable bonds is 5. The van der Waals surface area contributed by atoms with E-state index in [2.05, 4.69) is 21.2 Å². The van der Waals surface area contributed by atoms with Gasteiger partial charge in [-0.1, -0.05) is 40.2 Å². The highest BCUT2D eigenvalue weighted by Gasteiger charge is 2.37. The van der Waals surface area contributed by atoms with Crippen LogP contribution in [0.3, 0.4) is 0 Å². The van der Waals surface area contributed by atoms with Gasteiger partial charge in [0.15, 0.2) is 0 Å². The van der Waals surface area contributed by atoms with Crippen molar-refractivity contribution in [3.05, 3.63) is 70.3 Å². The third-order valence-electron chi connectivity index (χ3n) is 4.89. The van der Waals surface area contributed by atoms with Crippen LogP contribution in [0, 0.1) is 0 Å². The van der Waals surface area contributed by atoms with E-state index in [4.69, 9.17) is 4.74 Å². The Morgan fingerprint density at radius 1 is 1.12 bits per heavy atom. The summed E-state index contributed by atoms with van der Waals surface area (Å²) in [6.07, 6.45) is 3.11. The number of hydrogen-bond acceptors (Lipinski definition) is 5. The monoisotopic (exact) mass is 495 g/mol. The summed E-state index contributed by atoms with van der Waals surface area (Å²) in [7, 11) is 0. The van der Waals surface area contributed by atoms with E-state index in [1.165, 1.54) is 6.08 Å². The van der Waals surface area contributed by atoms with Gasteiger partial charge in [-0.25, -0.2) is 9.69 Å². The highest BCUT2D eigenvalue weighted by atomic mass is 79.9. The molecule has 0 aliphatic carbocycles. The van der Waals surface area contributed by atoms with Crippen molar-refractivity contribution in [2.24, 2.45) is 0 Å². The van der Waals surface area contributed by atoms with Gasteiger partial charge in [-0.15, -0.1) is 0 Å². The molecule has 0 atom stereocenters. The Bertz CT molecular complexity index is 1290. The Morgan fingerprint density at radius 3 is 2.66 bits per heavy atom. The number of anilines is 1. The van der Waals surface area contributed by atoms with Gasteiger partial charge >= 0.3 is 12.0 Å². The van der Waals surface area contributed by atoms with E-state index < -0.39 is 23.8 Å². The number of nitrogens with zero attached hydrogens (tertiary/aromatic N) is 2. The van der Waals surface area contributed by atoms with Crippen molar-refractivity contribution in [1.29, 1.82) is 0 Å². The quantitative estimate of drug-likeness (QED) is 0.331. The lowest BCUT2D eigenvalue weighted by Gasteiger charge is -2.26. The van der Waals surface area contributed by atoms with Crippen LogP contribution < -0.4 is 10.2 Å². The molecule has 2 heterocycles. The molecule has 0 saturated carbocycles. The molecule has 4 rings (SSSR count). The second-order valence-electron chi connectivity index (χ2n) is 6.97. The molecule has 8 nitrogen and oxygen atoms in total. The number of nitrogens with one attached hydrogen (secondary N) is 1. The smallest absolute Gasteiger partial charge is 0.335 e. The number of halogens is 1. The average Bonchev–Trinajstić information content (AvgIpc) is 3.08. The minimum Gasteiger partial charge on any atom is -0.465 e. The van der Waals surface area contributed by atoms with Crippen LogP contribution in [-0.2, 0) is 25.7 Å². The second-order valence-corrected chi connectivity index (χ2v) is 7.89. The Morgan fingerprint density at radius 2 is 1.91 bits per heavy atom. The zero-order chi connectivity index (χ0) is 22.8. The summed E-state index contributed by atoms with van der Waals surface area (Å²) in [5.41, 5.74) is 1.44. The van der Waals surface area contributed by atoms with Gasteiger partial charge in [0, 0.05) is 27.1 Å². The lowest BCUT2D eigenvalue weighted by molar-refractivity contribution is -0.143. The van der Waals surface area contributed by atoms with E-state index >= 15 is 0 Å². The summed E-state index contributed by atoms with van der Waals surface area (Å²) in [5.74, 6) is -1.92. The largest absolute Gasteiger partial charge is 0.465 e. The SMILES string of the molecule is CCOC(=O)Cn1cc(C=C2C(=O)NC(=O)N(c3cccc(Br)c3)C2=O)c2ccccc21. The number of amides is 4. The zero-order valence-electron chi connectivity index (χ0n) is 17.0. The predicted octanol–water partition coefficient (Wildman–Crippen LogP) is 3.63. The Hall–Kier alpha value is -3.72. The fourth-order valence-corrected chi connectivity index (χ4v) is 3.92. The zero-order valence-corrected chi connectivity index (χ0v) is 18.6. The summed E-state index contributed by atoms with van der Waals surface area (Å²) >= 11 is 3.32. The minimum absolute atomic E-state index is 0.0136. The van der Waals surface area contributed by atoms with E-state index in [0.717, 1.165) is 15.8 Å². The number of urea groups is 1. The normalized spacial score (nSPS) is 15.4. The molecule has 0 spiro atoms. The number of esters is 1. The van der Waals surface area contributed by atoms with Crippen LogP contribution in [0.15, 0.2) is 64.8 Å². The van der Waals surface area contributed by atoms with Crippen LogP contribution >= 0.6 is 15.9 Å². The van der Waals surface area contributed by atoms with Crippen LogP contribution in [0.2, 0.25) is 0 Å². The van der Waals surface area contributed by atoms with E-state index in [-0.39, 0.29) is 18.7 Å². The fraction of sp³-hybridized carbons (Fsp3) is 0.130. The summed E-state index contributed by atoms with van der Waals surface area (Å²) in [5, 5.41) is 2.96. The van der Waals surface area contributed by atoms with Crippen LogP contribution in [0.1, 0.15) is 12.5 Å². The minimum atomic E-state index is -0.819. The summed E-state index contributed by atoms with van der Waals surface area (Å²) in [6, 6.07) is 13.1. The van der Waals surface area contributed by atoms with Crippen molar-refractivity contribution in [2.75, 3.05) is 11.5 Å². The molecular weight excluding hydrogens is 478 g/mol. The number of para-hydroxylation sites is 1. The average molecular weight is 496 g/mol. The molecule has 1 fully saturated rings. The number of imide groups is 2. The molecule has 0 radical (unpaired) electrons. The van der Waals surface area contributed by atoms with E-state index in [9.17, 15) is 19.2 Å². The molecule has 2 aromatic carbocycles. The van der Waals surface area contributed by atoms with Gasteiger partial charge in [0.05, 0.1) is 12.3 Å². The molecule has 162 valence electrons. The third-order valence-corrected chi connectivity index (χ3v) is 5.39. The van der Waals surface area contributed by atoms with Gasteiger partial charge in [0.2, 0.25) is 0 Å². The van der Waals surface area contributed by atoms with Crippen molar-refractivity contribution in [1.82, 2.24) is 9.88 Å². The number of benzene rings is 2. The highest BCUT2D eigenvalue weighted by Crippen LogP contribution is 2.27. The van der Waals surface area contributed by atoms with E-state index in [1.807, 2.05) is 24.3 Å². The van der Waals surface area contributed by atoms with Crippen molar-refractivity contribution in [2.45, 2.75) is 13.5 Å². The number of hydrogen-bond donors (Lipinski definition) is 1. The summed E-state index contributed by atoms with van der Waals surface area (Å²) < 4.78 is 7.41. The van der Waals surface area contributed by atoms with Gasteiger partial charge in [-0.05, 0) is 37.3 Å². The second kappa shape index (κ2) is 8.80. The maximum Gasteiger partial charge on any atom is 0.335 e. The number of barbiturate groups is 1. The van der Waals surface area contributed by atoms with Crippen molar-refractivity contribution in [3.63, 3.8) is 0 Å². The van der Waals surface area contributed by atoms with Crippen LogP contribution in [0.4, 0.5) is 10.5 Å². The predicted molar refractivity (Wildman–Crippen MR) is 122 cm³/mol. The van der Waals surface area contributed by atoms with Crippen LogP contribution in [-0.4, -0.2) is 35.0 Å². The van der Waals surface area contributed by atoms with Crippen LogP contribution in [0.25, 0.3) is 17.0 Å². The molecule has 1 aliphatic heterocycles. The molecule has 1 N–H and O–H groups in total. The number of carbonyl (C=O) groups excluding carboxylic acids is 4. The number of carbonyl (C=O) groups is 4. The van der Waals surface area contributed by atoms with E-state index in [1.54, 1.807) is 42.0 Å². The lowest BCUT2D eigenvalue weighted by Crippen LogP contribution is -2.54. The Kier molecular flexibility index (Phi) is 5.91. The number of fused-ring (bicyclic) bond motifs is 1. The first-order chi connectivity index (χ1) is 15.4. The number of ether oxygens (including phenoxy) is 1. The third kappa shape index (κ3) is 4.06. The lowest BCUT2D eigenvalue weighted by atomic mass is 10.1. The molecule has 9 heteroatoms. The number of aromatic nitrogens is 1. The maximum absolute atomic E-state index is 13.1. The Labute approximate surface area is 191 Å². The standard InChI is InChI=1S/C23H18BrN3O5/c1-2-32-20(28)13-26-12-14(17-8-3-4-9-19(17)26)10-18-21(29)25-23(31)27(22(18)30)16-7-5-6-15(24)11-16/h3-12H,2,13H2,1H3,(H,25,29,31). The van der Waals surface area contributed by atoms with Gasteiger partial charge in [-0.3, -0.25) is 19.7 Å². The van der Waals surface area contributed by atoms with Crippen molar-refractivity contribution < 1.29 is 23.9 Å². The molecule has 0 bridgehead atoms. The van der Waals surface area contributed by atoms with Gasteiger partial charge in [0.1, 0.15) is 12.1 Å². The first kappa shape index (κ1) is 21.5. The first-order valence-corrected chi connectivity index (χ1v) is 10.6. The Balaban J connectivity index is 1.77. The fourth-order valence-electron chi connectivity index (χ4n) is 3.53. The van der Waals surface area contributed by atoms with Gasteiger partial charge < -0.3 is 9.30 Å². The topological polar surface area (TPSA) is 97.7 Å². The van der Waals surface area contributed by atoms with Gasteiger partial charge in [-0.2, -0.15) is 0 Å². The molecule has 4 amide bonds. The molecule has 32 heavy (non-hydrogen) atoms. The summed E-state index contributed by atoms with van der Waals surface area (Å²) in [6.45, 7) is 1.98. The molecule has 3 aromatic rings. The molecule has 1 aliphatic rings. The van der Waals surface area contributed by atoms with Crippen molar-refractivity contribution >= 4 is 62.4 Å². The van der Waals surface area contributed by atoms with E-state index in [0.29, 0.717) is 15.7 Å². The molecule has 1 saturated heterocycles. The first-order valence-electron chi connectivity index (χ1n) is 9.79. The highest BCUT2D eigenvalue weighted by molar-refractivity contribution is 9.10. The molecule has 1 aromatic heterocycles. The van der Waals surface area contributed by atoms with Crippen LogP contribution in [0.5, 0.6) is 0 Å². The maximum atomic E-state index is 13.1. The van der Waals surface area contributed by atoms with Crippen molar-refractivity contribution in [3.8, 4) is 0 Å². The molecular formula is C23H18BrN3O5. The van der Waals surface area contributed by atoms with Gasteiger partial charge in [0.25, 0.3) is 11.8 Å². The molecule has 0 unspecified atom stereocenters.